The predicted molar refractivity (Wildman–Crippen MR) is 99.1 cm³/mol. The van der Waals surface area contributed by atoms with Crippen molar-refractivity contribution < 1.29 is 9.53 Å². The van der Waals surface area contributed by atoms with Gasteiger partial charge in [0.25, 0.3) is 0 Å². The number of aliphatic imine (C=N–C) groups is 1. The zero-order chi connectivity index (χ0) is 17.9. The van der Waals surface area contributed by atoms with Crippen LogP contribution in [0.4, 0.5) is 0 Å². The van der Waals surface area contributed by atoms with Gasteiger partial charge in [0, 0.05) is 24.6 Å². The first-order chi connectivity index (χ1) is 12.0. The van der Waals surface area contributed by atoms with Gasteiger partial charge in [0.15, 0.2) is 16.6 Å². The molecule has 6 nitrogen and oxygen atoms in total. The van der Waals surface area contributed by atoms with Gasteiger partial charge in [-0.05, 0) is 24.5 Å². The van der Waals surface area contributed by atoms with Gasteiger partial charge in [-0.3, -0.25) is 9.79 Å². The van der Waals surface area contributed by atoms with Gasteiger partial charge in [-0.25, -0.2) is 9.97 Å². The lowest BCUT2D eigenvalue weighted by Gasteiger charge is -2.30. The standard InChI is InChI=1S/C18H20N4O2S/c1-18(6-9-25-17(19)22-18)13-5-3-4-12(10-13)11-14(23)15-16(24-2)21-8-7-20-15/h3-5,7-8,10H,6,9,11H2,1-2H3,(H2,19,22)/t18-/m0/s1. The Balaban J connectivity index is 1.85. The van der Waals surface area contributed by atoms with E-state index in [1.807, 2.05) is 24.3 Å². The molecule has 0 amide bonds. The molecule has 1 aromatic heterocycles. The molecule has 2 aromatic rings. The van der Waals surface area contributed by atoms with Crippen LogP contribution in [0, 0.1) is 0 Å². The summed E-state index contributed by atoms with van der Waals surface area (Å²) in [5.74, 6) is 1.05. The summed E-state index contributed by atoms with van der Waals surface area (Å²) in [5, 5.41) is 0.611. The van der Waals surface area contributed by atoms with E-state index in [4.69, 9.17) is 10.5 Å². The lowest BCUT2D eigenvalue weighted by Crippen LogP contribution is -2.28. The van der Waals surface area contributed by atoms with Crippen LogP contribution in [0.25, 0.3) is 0 Å². The van der Waals surface area contributed by atoms with Gasteiger partial charge in [-0.15, -0.1) is 0 Å². The maximum absolute atomic E-state index is 12.6. The van der Waals surface area contributed by atoms with E-state index in [-0.39, 0.29) is 29.3 Å². The summed E-state index contributed by atoms with van der Waals surface area (Å²) in [6.45, 7) is 2.08. The first kappa shape index (κ1) is 17.4. The van der Waals surface area contributed by atoms with Crippen LogP contribution in [0.3, 0.4) is 0 Å². The molecule has 3 rings (SSSR count). The second-order valence-electron chi connectivity index (χ2n) is 6.04. The van der Waals surface area contributed by atoms with Gasteiger partial charge in [0.05, 0.1) is 12.6 Å². The molecule has 0 fully saturated rings. The summed E-state index contributed by atoms with van der Waals surface area (Å²) < 4.78 is 5.12. The molecule has 0 saturated heterocycles. The van der Waals surface area contributed by atoms with Crippen molar-refractivity contribution in [3.05, 3.63) is 53.5 Å². The highest BCUT2D eigenvalue weighted by Gasteiger charge is 2.29. The lowest BCUT2D eigenvalue weighted by atomic mass is 9.88. The van der Waals surface area contributed by atoms with Crippen molar-refractivity contribution in [2.45, 2.75) is 25.3 Å². The molecule has 1 aliphatic heterocycles. The van der Waals surface area contributed by atoms with E-state index in [0.29, 0.717) is 5.17 Å². The summed E-state index contributed by atoms with van der Waals surface area (Å²) in [6.07, 6.45) is 4.13. The average molecular weight is 356 g/mol. The van der Waals surface area contributed by atoms with Gasteiger partial charge in [0.1, 0.15) is 0 Å². The number of thioether (sulfide) groups is 1. The maximum atomic E-state index is 12.6. The Morgan fingerprint density at radius 1 is 1.36 bits per heavy atom. The van der Waals surface area contributed by atoms with Gasteiger partial charge < -0.3 is 10.5 Å². The van der Waals surface area contributed by atoms with Gasteiger partial charge in [0.2, 0.25) is 5.88 Å². The monoisotopic (exact) mass is 356 g/mol. The van der Waals surface area contributed by atoms with Crippen LogP contribution < -0.4 is 10.5 Å². The molecule has 0 unspecified atom stereocenters. The van der Waals surface area contributed by atoms with Crippen LogP contribution in [0.2, 0.25) is 0 Å². The van der Waals surface area contributed by atoms with E-state index in [0.717, 1.165) is 23.3 Å². The Labute approximate surface area is 150 Å². The van der Waals surface area contributed by atoms with Gasteiger partial charge >= 0.3 is 0 Å². The minimum Gasteiger partial charge on any atom is -0.479 e. The molecular formula is C18H20N4O2S. The number of amidine groups is 1. The van der Waals surface area contributed by atoms with Gasteiger partial charge in [-0.2, -0.15) is 0 Å². The molecule has 7 heteroatoms. The summed E-state index contributed by atoms with van der Waals surface area (Å²) in [4.78, 5) is 25.3. The van der Waals surface area contributed by atoms with Crippen molar-refractivity contribution >= 4 is 22.7 Å². The number of carbonyl (C=O) groups is 1. The molecule has 1 aromatic carbocycles. The van der Waals surface area contributed by atoms with Gasteiger partial charge in [-0.1, -0.05) is 36.0 Å². The average Bonchev–Trinajstić information content (AvgIpc) is 2.61. The fourth-order valence-corrected chi connectivity index (χ4v) is 3.82. The number of rotatable bonds is 5. The van der Waals surface area contributed by atoms with E-state index in [2.05, 4.69) is 21.9 Å². The largest absolute Gasteiger partial charge is 0.479 e. The predicted octanol–water partition coefficient (Wildman–Crippen LogP) is 2.58. The lowest BCUT2D eigenvalue weighted by molar-refractivity contribution is 0.0984. The number of benzene rings is 1. The van der Waals surface area contributed by atoms with Crippen LogP contribution in [0.15, 0.2) is 41.7 Å². The Bertz CT molecular complexity index is 824. The number of nitrogens with two attached hydrogens (primary N) is 1. The Kier molecular flexibility index (Phi) is 5.03. The minimum absolute atomic E-state index is 0.130. The maximum Gasteiger partial charge on any atom is 0.243 e. The van der Waals surface area contributed by atoms with Crippen molar-refractivity contribution in [1.82, 2.24) is 9.97 Å². The molecule has 1 aliphatic rings. The number of carbonyl (C=O) groups excluding carboxylic acids is 1. The third-order valence-electron chi connectivity index (χ3n) is 4.23. The van der Waals surface area contributed by atoms with E-state index < -0.39 is 0 Å². The van der Waals surface area contributed by atoms with Crippen LogP contribution in [-0.2, 0) is 12.0 Å². The number of ether oxygens (including phenoxy) is 1. The highest BCUT2D eigenvalue weighted by Crippen LogP contribution is 2.35. The second kappa shape index (κ2) is 7.23. The minimum atomic E-state index is -0.349. The van der Waals surface area contributed by atoms with E-state index >= 15 is 0 Å². The van der Waals surface area contributed by atoms with Crippen LogP contribution in [0.5, 0.6) is 5.88 Å². The summed E-state index contributed by atoms with van der Waals surface area (Å²) >= 11 is 1.58. The molecule has 0 bridgehead atoms. The van der Waals surface area contributed by atoms with Crippen molar-refractivity contribution in [1.29, 1.82) is 0 Å². The third-order valence-corrected chi connectivity index (χ3v) is 5.03. The SMILES string of the molecule is COc1nccnc1C(=O)Cc1cccc([C@]2(C)CCSC(N)=N2)c1. The topological polar surface area (TPSA) is 90.5 Å². The Hall–Kier alpha value is -2.41. The zero-order valence-corrected chi connectivity index (χ0v) is 15.0. The summed E-state index contributed by atoms with van der Waals surface area (Å²) in [7, 11) is 1.48. The van der Waals surface area contributed by atoms with E-state index in [1.165, 1.54) is 19.5 Å². The third kappa shape index (κ3) is 3.82. The molecule has 0 saturated carbocycles. The Morgan fingerprint density at radius 2 is 2.16 bits per heavy atom. The molecule has 0 spiro atoms. The van der Waals surface area contributed by atoms with E-state index in [9.17, 15) is 4.79 Å². The molecule has 1 atom stereocenters. The molecule has 25 heavy (non-hydrogen) atoms. The Morgan fingerprint density at radius 3 is 2.92 bits per heavy atom. The van der Waals surface area contributed by atoms with Crippen molar-refractivity contribution in [2.75, 3.05) is 12.9 Å². The molecule has 2 N–H and O–H groups in total. The summed E-state index contributed by atoms with van der Waals surface area (Å²) in [5.41, 5.74) is 7.77. The number of nitrogens with zero attached hydrogens (tertiary/aromatic N) is 3. The van der Waals surface area contributed by atoms with Crippen LogP contribution >= 0.6 is 11.8 Å². The fourth-order valence-electron chi connectivity index (χ4n) is 2.85. The molecule has 2 heterocycles. The molecule has 130 valence electrons. The normalized spacial score (nSPS) is 20.0. The smallest absolute Gasteiger partial charge is 0.243 e. The van der Waals surface area contributed by atoms with Crippen molar-refractivity contribution in [2.24, 2.45) is 10.7 Å². The zero-order valence-electron chi connectivity index (χ0n) is 14.2. The first-order valence-electron chi connectivity index (χ1n) is 7.97. The van der Waals surface area contributed by atoms with Crippen molar-refractivity contribution in [3.63, 3.8) is 0 Å². The molecular weight excluding hydrogens is 336 g/mol. The number of methoxy groups -OCH3 is 1. The van der Waals surface area contributed by atoms with Crippen LogP contribution in [0.1, 0.15) is 35.0 Å². The highest BCUT2D eigenvalue weighted by atomic mass is 32.2. The van der Waals surface area contributed by atoms with Crippen molar-refractivity contribution in [3.8, 4) is 5.88 Å². The number of hydrogen-bond donors (Lipinski definition) is 1. The van der Waals surface area contributed by atoms with E-state index in [1.54, 1.807) is 11.8 Å². The number of aromatic nitrogens is 2. The van der Waals surface area contributed by atoms with Crippen LogP contribution in [-0.4, -0.2) is 33.8 Å². The first-order valence-corrected chi connectivity index (χ1v) is 8.96. The quantitative estimate of drug-likeness (QED) is 0.828. The summed E-state index contributed by atoms with van der Waals surface area (Å²) in [6, 6.07) is 7.93. The number of ketones is 1. The highest BCUT2D eigenvalue weighted by molar-refractivity contribution is 8.13. The number of hydrogen-bond acceptors (Lipinski definition) is 7. The molecule has 0 aliphatic carbocycles. The molecule has 0 radical (unpaired) electrons. The second-order valence-corrected chi connectivity index (χ2v) is 7.15. The fraction of sp³-hybridized carbons (Fsp3) is 0.333. The number of Topliss-reactive ketones (excluding diaryl/α,β-unsaturated/α-hetero) is 1.